The number of halogens is 1. The Morgan fingerprint density at radius 2 is 2.17 bits per heavy atom. The lowest BCUT2D eigenvalue weighted by atomic mass is 10.1. The molecule has 64 valence electrons. The van der Waals surface area contributed by atoms with E-state index in [0.29, 0.717) is 5.69 Å². The van der Waals surface area contributed by atoms with Gasteiger partial charge in [0.1, 0.15) is 5.82 Å². The van der Waals surface area contributed by atoms with Gasteiger partial charge in [-0.25, -0.2) is 4.39 Å². The van der Waals surface area contributed by atoms with E-state index in [9.17, 15) is 4.39 Å². The van der Waals surface area contributed by atoms with E-state index in [0.717, 1.165) is 24.0 Å². The van der Waals surface area contributed by atoms with Crippen LogP contribution in [0.5, 0.6) is 0 Å². The van der Waals surface area contributed by atoms with Crippen LogP contribution in [0.15, 0.2) is 12.1 Å². The van der Waals surface area contributed by atoms with E-state index >= 15 is 0 Å². The number of anilines is 1. The Balaban J connectivity index is 2.60. The van der Waals surface area contributed by atoms with Crippen LogP contribution in [0.4, 0.5) is 10.1 Å². The third kappa shape index (κ3) is 0.975. The molecular formula is C9H11FN2. The van der Waals surface area contributed by atoms with E-state index < -0.39 is 0 Å². The average Bonchev–Trinajstić information content (AvgIpc) is 2.33. The third-order valence-corrected chi connectivity index (χ3v) is 2.36. The predicted molar refractivity (Wildman–Crippen MR) is 46.1 cm³/mol. The molecule has 0 radical (unpaired) electrons. The van der Waals surface area contributed by atoms with Crippen LogP contribution >= 0.6 is 0 Å². The highest BCUT2D eigenvalue weighted by Crippen LogP contribution is 2.32. The van der Waals surface area contributed by atoms with Gasteiger partial charge in [0, 0.05) is 11.7 Å². The first-order valence-electron chi connectivity index (χ1n) is 4.02. The summed E-state index contributed by atoms with van der Waals surface area (Å²) in [5.74, 6) is -0.210. The van der Waals surface area contributed by atoms with Gasteiger partial charge < -0.3 is 11.5 Å². The van der Waals surface area contributed by atoms with Crippen molar-refractivity contribution in [2.75, 3.05) is 5.73 Å². The fourth-order valence-electron chi connectivity index (χ4n) is 1.73. The van der Waals surface area contributed by atoms with Gasteiger partial charge in [0.05, 0.1) is 0 Å². The molecule has 1 aliphatic carbocycles. The SMILES string of the molecule is Nc1cc(F)c2c(c1)[C@H](N)CC2. The van der Waals surface area contributed by atoms with E-state index in [4.69, 9.17) is 11.5 Å². The highest BCUT2D eigenvalue weighted by molar-refractivity contribution is 5.48. The lowest BCUT2D eigenvalue weighted by Gasteiger charge is -2.05. The van der Waals surface area contributed by atoms with E-state index in [1.165, 1.54) is 6.07 Å². The summed E-state index contributed by atoms with van der Waals surface area (Å²) in [6.45, 7) is 0. The maximum atomic E-state index is 13.2. The lowest BCUT2D eigenvalue weighted by Crippen LogP contribution is -2.06. The minimum absolute atomic E-state index is 0.0296. The maximum Gasteiger partial charge on any atom is 0.128 e. The Hall–Kier alpha value is -1.09. The molecule has 0 unspecified atom stereocenters. The van der Waals surface area contributed by atoms with Gasteiger partial charge >= 0.3 is 0 Å². The third-order valence-electron chi connectivity index (χ3n) is 2.36. The molecule has 0 fully saturated rings. The molecule has 0 heterocycles. The molecule has 0 amide bonds. The zero-order valence-corrected chi connectivity index (χ0v) is 6.68. The Labute approximate surface area is 70.4 Å². The molecule has 1 aromatic rings. The van der Waals surface area contributed by atoms with Crippen LogP contribution in [0.2, 0.25) is 0 Å². The van der Waals surface area contributed by atoms with Gasteiger partial charge in [-0.15, -0.1) is 0 Å². The molecule has 4 N–H and O–H groups in total. The monoisotopic (exact) mass is 166 g/mol. The first-order valence-corrected chi connectivity index (χ1v) is 4.02. The number of hydrogen-bond donors (Lipinski definition) is 2. The maximum absolute atomic E-state index is 13.2. The second kappa shape index (κ2) is 2.45. The van der Waals surface area contributed by atoms with Crippen molar-refractivity contribution in [1.82, 2.24) is 0 Å². The average molecular weight is 166 g/mol. The lowest BCUT2D eigenvalue weighted by molar-refractivity contribution is 0.613. The van der Waals surface area contributed by atoms with E-state index in [2.05, 4.69) is 0 Å². The van der Waals surface area contributed by atoms with Crippen molar-refractivity contribution in [3.05, 3.63) is 29.1 Å². The van der Waals surface area contributed by atoms with Gasteiger partial charge in [0.15, 0.2) is 0 Å². The number of nitrogen functional groups attached to an aromatic ring is 1. The van der Waals surface area contributed by atoms with Crippen molar-refractivity contribution in [2.24, 2.45) is 5.73 Å². The van der Waals surface area contributed by atoms with Crippen LogP contribution in [-0.2, 0) is 6.42 Å². The molecule has 0 aromatic heterocycles. The molecule has 2 nitrogen and oxygen atoms in total. The molecule has 0 saturated heterocycles. The summed E-state index contributed by atoms with van der Waals surface area (Å²) in [7, 11) is 0. The molecule has 0 aliphatic heterocycles. The largest absolute Gasteiger partial charge is 0.399 e. The summed E-state index contributed by atoms with van der Waals surface area (Å²) in [6, 6.07) is 3.10. The minimum atomic E-state index is -0.210. The van der Waals surface area contributed by atoms with Gasteiger partial charge in [-0.2, -0.15) is 0 Å². The van der Waals surface area contributed by atoms with Crippen LogP contribution < -0.4 is 11.5 Å². The second-order valence-corrected chi connectivity index (χ2v) is 3.22. The summed E-state index contributed by atoms with van der Waals surface area (Å²) in [6.07, 6.45) is 1.57. The molecule has 1 atom stereocenters. The summed E-state index contributed by atoms with van der Waals surface area (Å²) in [5.41, 5.74) is 13.4. The first-order chi connectivity index (χ1) is 5.68. The number of nitrogens with two attached hydrogens (primary N) is 2. The Bertz CT molecular complexity index is 323. The smallest absolute Gasteiger partial charge is 0.128 e. The predicted octanol–water partition coefficient (Wildman–Crippen LogP) is 1.35. The highest BCUT2D eigenvalue weighted by Gasteiger charge is 2.22. The van der Waals surface area contributed by atoms with Gasteiger partial charge in [-0.3, -0.25) is 0 Å². The zero-order valence-electron chi connectivity index (χ0n) is 6.68. The van der Waals surface area contributed by atoms with Crippen LogP contribution in [-0.4, -0.2) is 0 Å². The number of rotatable bonds is 0. The summed E-state index contributed by atoms with van der Waals surface area (Å²) >= 11 is 0. The zero-order chi connectivity index (χ0) is 8.72. The Morgan fingerprint density at radius 1 is 1.42 bits per heavy atom. The van der Waals surface area contributed by atoms with Gasteiger partial charge in [-0.1, -0.05) is 0 Å². The van der Waals surface area contributed by atoms with Crippen LogP contribution in [0.25, 0.3) is 0 Å². The molecule has 1 aromatic carbocycles. The Kier molecular flexibility index (Phi) is 1.54. The summed E-state index contributed by atoms with van der Waals surface area (Å²) < 4.78 is 13.2. The second-order valence-electron chi connectivity index (χ2n) is 3.22. The van der Waals surface area contributed by atoms with E-state index in [1.54, 1.807) is 6.07 Å². The number of benzene rings is 1. The van der Waals surface area contributed by atoms with Crippen molar-refractivity contribution < 1.29 is 4.39 Å². The van der Waals surface area contributed by atoms with Crippen molar-refractivity contribution in [3.8, 4) is 0 Å². The van der Waals surface area contributed by atoms with Crippen molar-refractivity contribution >= 4 is 5.69 Å². The van der Waals surface area contributed by atoms with Crippen molar-refractivity contribution in [2.45, 2.75) is 18.9 Å². The fourth-order valence-corrected chi connectivity index (χ4v) is 1.73. The van der Waals surface area contributed by atoms with Gasteiger partial charge in [-0.05, 0) is 36.1 Å². The van der Waals surface area contributed by atoms with Crippen molar-refractivity contribution in [1.29, 1.82) is 0 Å². The molecular weight excluding hydrogens is 155 g/mol. The Morgan fingerprint density at radius 3 is 2.92 bits per heavy atom. The van der Waals surface area contributed by atoms with Gasteiger partial charge in [0.25, 0.3) is 0 Å². The summed E-state index contributed by atoms with van der Waals surface area (Å²) in [4.78, 5) is 0. The minimum Gasteiger partial charge on any atom is -0.399 e. The molecule has 0 saturated carbocycles. The standard InChI is InChI=1S/C9H11FN2/c10-8-4-5(11)3-7-6(8)1-2-9(7)12/h3-4,9H,1-2,11-12H2/t9-/m1/s1. The van der Waals surface area contributed by atoms with E-state index in [-0.39, 0.29) is 11.9 Å². The topological polar surface area (TPSA) is 52.0 Å². The molecule has 3 heteroatoms. The van der Waals surface area contributed by atoms with Crippen LogP contribution in [0.3, 0.4) is 0 Å². The highest BCUT2D eigenvalue weighted by atomic mass is 19.1. The molecule has 0 spiro atoms. The quantitative estimate of drug-likeness (QED) is 0.571. The normalized spacial score (nSPS) is 21.0. The fraction of sp³-hybridized carbons (Fsp3) is 0.333. The molecule has 2 rings (SSSR count). The van der Waals surface area contributed by atoms with E-state index in [1.807, 2.05) is 0 Å². The van der Waals surface area contributed by atoms with Crippen LogP contribution in [0, 0.1) is 5.82 Å². The van der Waals surface area contributed by atoms with Gasteiger partial charge in [0.2, 0.25) is 0 Å². The molecule has 1 aliphatic rings. The molecule has 0 bridgehead atoms. The van der Waals surface area contributed by atoms with Crippen molar-refractivity contribution in [3.63, 3.8) is 0 Å². The first kappa shape index (κ1) is 7.55. The number of hydrogen-bond acceptors (Lipinski definition) is 2. The number of fused-ring (bicyclic) bond motifs is 1. The van der Waals surface area contributed by atoms with Crippen LogP contribution in [0.1, 0.15) is 23.6 Å². The summed E-state index contributed by atoms with van der Waals surface area (Å²) in [5, 5.41) is 0. The molecule has 12 heavy (non-hydrogen) atoms.